The quantitative estimate of drug-likeness (QED) is 0.283. The molecule has 2 fully saturated rings. The predicted octanol–water partition coefficient (Wildman–Crippen LogP) is 5.60. The number of carbonyl (C=O) groups is 3. The summed E-state index contributed by atoms with van der Waals surface area (Å²) in [7, 11) is -4.03. The van der Waals surface area contributed by atoms with Crippen molar-refractivity contribution >= 4 is 27.6 Å². The Hall–Kier alpha value is -4.04. The molecule has 3 atom stereocenters. The number of benzene rings is 1. The molecule has 3 aromatic rings. The van der Waals surface area contributed by atoms with Gasteiger partial charge in [0.05, 0.1) is 18.2 Å². The lowest BCUT2D eigenvalue weighted by atomic mass is 9.75. The lowest BCUT2D eigenvalue weighted by molar-refractivity contribution is -0.137. The molecule has 5 rings (SSSR count). The van der Waals surface area contributed by atoms with Crippen LogP contribution in [0.1, 0.15) is 74.4 Å². The Kier molecular flexibility index (Phi) is 11.0. The van der Waals surface area contributed by atoms with Gasteiger partial charge in [-0.2, -0.15) is 17.5 Å². The first-order valence-corrected chi connectivity index (χ1v) is 17.6. The van der Waals surface area contributed by atoms with Crippen molar-refractivity contribution in [2.45, 2.75) is 81.6 Å². The number of halogens is 3. The fourth-order valence-electron chi connectivity index (χ4n) is 6.69. The molecule has 2 N–H and O–H groups in total. The zero-order chi connectivity index (χ0) is 34.5. The van der Waals surface area contributed by atoms with Crippen molar-refractivity contribution in [2.75, 3.05) is 13.1 Å². The van der Waals surface area contributed by atoms with E-state index >= 15 is 0 Å². The molecule has 1 aliphatic heterocycles. The monoisotopic (exact) mass is 688 g/mol. The Bertz CT molecular complexity index is 1710. The van der Waals surface area contributed by atoms with Crippen molar-refractivity contribution in [1.29, 1.82) is 0 Å². The van der Waals surface area contributed by atoms with Gasteiger partial charge >= 0.3 is 6.18 Å². The first-order chi connectivity index (χ1) is 22.9. The van der Waals surface area contributed by atoms with Crippen LogP contribution in [-0.4, -0.2) is 60.5 Å². The topological polar surface area (TPSA) is 139 Å². The van der Waals surface area contributed by atoms with E-state index < -0.39 is 58.0 Å². The minimum Gasteiger partial charge on any atom is -0.451 e. The third-order valence-corrected chi connectivity index (χ3v) is 11.0. The van der Waals surface area contributed by atoms with E-state index in [0.29, 0.717) is 12.8 Å². The molecule has 14 heteroatoms. The van der Waals surface area contributed by atoms with Gasteiger partial charge in [-0.1, -0.05) is 63.6 Å². The maximum absolute atomic E-state index is 14.0. The van der Waals surface area contributed by atoms with Crippen molar-refractivity contribution in [3.63, 3.8) is 0 Å². The Labute approximate surface area is 277 Å². The number of sulfonamides is 1. The van der Waals surface area contributed by atoms with E-state index in [9.17, 15) is 36.0 Å². The van der Waals surface area contributed by atoms with E-state index in [1.54, 1.807) is 12.1 Å². The average Bonchev–Trinajstić information content (AvgIpc) is 3.51. The Morgan fingerprint density at radius 1 is 1.02 bits per heavy atom. The van der Waals surface area contributed by atoms with Gasteiger partial charge in [0.1, 0.15) is 11.8 Å². The number of rotatable bonds is 10. The van der Waals surface area contributed by atoms with E-state index in [2.05, 4.69) is 15.6 Å². The molecule has 1 saturated heterocycles. The van der Waals surface area contributed by atoms with E-state index in [0.717, 1.165) is 48.5 Å². The maximum Gasteiger partial charge on any atom is 0.416 e. The summed E-state index contributed by atoms with van der Waals surface area (Å²) in [5, 5.41) is 5.44. The first kappa shape index (κ1) is 35.3. The second-order valence-corrected chi connectivity index (χ2v) is 14.2. The molecule has 2 aromatic heterocycles. The SMILES string of the molecule is CCC(C1CCCCC1)[C@H](NC(=O)c1ccc(-c2cccc(C(F)(F)F)c2)o1)C(=O)NC1CCCN(S(=O)(=O)c2ccccn2)CC1=O. The van der Waals surface area contributed by atoms with Crippen LogP contribution in [-0.2, 0) is 25.8 Å². The van der Waals surface area contributed by atoms with Gasteiger partial charge in [-0.05, 0) is 61.1 Å². The molecule has 1 saturated carbocycles. The number of Topliss-reactive ketones (excluding diaryl/α,β-unsaturated/α-hetero) is 1. The van der Waals surface area contributed by atoms with Gasteiger partial charge in [0.25, 0.3) is 15.9 Å². The molecule has 1 aromatic carbocycles. The lowest BCUT2D eigenvalue weighted by Gasteiger charge is -2.35. The Balaban J connectivity index is 1.34. The summed E-state index contributed by atoms with van der Waals surface area (Å²) in [5.74, 6) is -2.02. The van der Waals surface area contributed by atoms with Crippen LogP contribution >= 0.6 is 0 Å². The highest BCUT2D eigenvalue weighted by atomic mass is 32.2. The number of aromatic nitrogens is 1. The average molecular weight is 689 g/mol. The number of carbonyl (C=O) groups excluding carboxylic acids is 3. The number of nitrogens with zero attached hydrogens (tertiary/aromatic N) is 2. The van der Waals surface area contributed by atoms with E-state index in [4.69, 9.17) is 4.42 Å². The molecule has 2 aliphatic rings. The number of pyridine rings is 1. The molecule has 258 valence electrons. The van der Waals surface area contributed by atoms with Gasteiger partial charge in [0.15, 0.2) is 16.6 Å². The Morgan fingerprint density at radius 3 is 2.48 bits per heavy atom. The van der Waals surface area contributed by atoms with Crippen molar-refractivity contribution in [2.24, 2.45) is 11.8 Å². The molecule has 0 spiro atoms. The molecule has 3 heterocycles. The molecule has 0 bridgehead atoms. The summed E-state index contributed by atoms with van der Waals surface area (Å²) in [6.45, 7) is 1.57. The number of furan rings is 1. The van der Waals surface area contributed by atoms with Gasteiger partial charge in [-0.15, -0.1) is 0 Å². The van der Waals surface area contributed by atoms with E-state index in [1.807, 2.05) is 6.92 Å². The third kappa shape index (κ3) is 8.15. The number of alkyl halides is 3. The minimum absolute atomic E-state index is 0.0563. The normalized spacial score (nSPS) is 19.7. The largest absolute Gasteiger partial charge is 0.451 e. The molecular formula is C34H39F3N4O6S. The van der Waals surface area contributed by atoms with Gasteiger partial charge in [0.2, 0.25) is 5.91 Å². The van der Waals surface area contributed by atoms with Gasteiger partial charge in [-0.3, -0.25) is 14.4 Å². The number of nitrogens with one attached hydrogen (secondary N) is 2. The lowest BCUT2D eigenvalue weighted by Crippen LogP contribution is -2.56. The zero-order valence-corrected chi connectivity index (χ0v) is 27.4. The van der Waals surface area contributed by atoms with Gasteiger partial charge in [0, 0.05) is 18.3 Å². The molecule has 2 amide bonds. The molecule has 10 nitrogen and oxygen atoms in total. The summed E-state index contributed by atoms with van der Waals surface area (Å²) < 4.78 is 72.9. The first-order valence-electron chi connectivity index (χ1n) is 16.2. The summed E-state index contributed by atoms with van der Waals surface area (Å²) >= 11 is 0. The van der Waals surface area contributed by atoms with Crippen molar-refractivity contribution in [3.05, 3.63) is 72.1 Å². The third-order valence-electron chi connectivity index (χ3n) is 9.21. The van der Waals surface area contributed by atoms with Crippen molar-refractivity contribution < 1.29 is 40.4 Å². The highest BCUT2D eigenvalue weighted by Gasteiger charge is 2.39. The minimum atomic E-state index is -4.55. The zero-order valence-electron chi connectivity index (χ0n) is 26.5. The number of hydrogen-bond donors (Lipinski definition) is 2. The van der Waals surface area contributed by atoms with Crippen LogP contribution < -0.4 is 10.6 Å². The van der Waals surface area contributed by atoms with E-state index in [-0.39, 0.29) is 46.9 Å². The van der Waals surface area contributed by atoms with Crippen LogP contribution in [0.5, 0.6) is 0 Å². The molecule has 48 heavy (non-hydrogen) atoms. The molecule has 2 unspecified atom stereocenters. The fourth-order valence-corrected chi connectivity index (χ4v) is 8.07. The van der Waals surface area contributed by atoms with Crippen molar-refractivity contribution in [3.8, 4) is 11.3 Å². The van der Waals surface area contributed by atoms with Crippen LogP contribution in [0.25, 0.3) is 11.3 Å². The van der Waals surface area contributed by atoms with Crippen LogP contribution in [0, 0.1) is 11.8 Å². The summed E-state index contributed by atoms with van der Waals surface area (Å²) in [5.41, 5.74) is -0.722. The van der Waals surface area contributed by atoms with Crippen LogP contribution in [0.4, 0.5) is 13.2 Å². The number of ketones is 1. The van der Waals surface area contributed by atoms with Gasteiger partial charge in [-0.25, -0.2) is 13.4 Å². The standard InChI is InChI=1S/C34H39F3N4O6S/c1-2-25(22-10-4-3-5-11-22)31(40-32(43)29-17-16-28(47-29)23-12-8-13-24(20-23)34(35,36)37)33(44)39-26-14-9-19-41(21-27(26)42)48(45,46)30-15-6-7-18-38-30/h6-8,12-13,15-18,20,22,25-26,31H,2-5,9-11,14,19,21H2,1H3,(H,39,44)(H,40,43)/t25?,26?,31-/m0/s1. The summed E-state index contributed by atoms with van der Waals surface area (Å²) in [6.07, 6.45) is 2.69. The Morgan fingerprint density at radius 2 is 1.79 bits per heavy atom. The summed E-state index contributed by atoms with van der Waals surface area (Å²) in [4.78, 5) is 44.8. The summed E-state index contributed by atoms with van der Waals surface area (Å²) in [6, 6.07) is 9.77. The number of hydrogen-bond acceptors (Lipinski definition) is 7. The molecule has 1 aliphatic carbocycles. The van der Waals surface area contributed by atoms with Gasteiger partial charge < -0.3 is 15.1 Å². The smallest absolute Gasteiger partial charge is 0.416 e. The predicted molar refractivity (Wildman–Crippen MR) is 170 cm³/mol. The molecular weight excluding hydrogens is 649 g/mol. The molecule has 0 radical (unpaired) electrons. The number of amides is 2. The van der Waals surface area contributed by atoms with Crippen LogP contribution in [0.3, 0.4) is 0 Å². The fraction of sp³-hybridized carbons (Fsp3) is 0.471. The van der Waals surface area contributed by atoms with Crippen LogP contribution in [0.15, 0.2) is 70.2 Å². The second kappa shape index (κ2) is 15.0. The second-order valence-electron chi connectivity index (χ2n) is 12.3. The highest BCUT2D eigenvalue weighted by Crippen LogP contribution is 2.35. The highest BCUT2D eigenvalue weighted by molar-refractivity contribution is 7.89. The van der Waals surface area contributed by atoms with Crippen molar-refractivity contribution in [1.82, 2.24) is 19.9 Å². The maximum atomic E-state index is 14.0. The van der Waals surface area contributed by atoms with E-state index in [1.165, 1.54) is 36.5 Å². The van der Waals surface area contributed by atoms with Crippen LogP contribution in [0.2, 0.25) is 0 Å².